The molecule has 0 bridgehead atoms. The molecule has 4 aromatic rings. The minimum Gasteiger partial charge on any atom is -0.360 e. The third-order valence-corrected chi connectivity index (χ3v) is 4.81. The Balaban J connectivity index is 0.000000171. The monoisotopic (exact) mass is 488 g/mol. The Bertz CT molecular complexity index is 1260. The van der Waals surface area contributed by atoms with Gasteiger partial charge in [0.25, 0.3) is 0 Å². The first-order valence-electron chi connectivity index (χ1n) is 8.28. The molecule has 0 radical (unpaired) electrons. The molecular formula is C20H11BrF6N2O. The summed E-state index contributed by atoms with van der Waals surface area (Å²) in [5, 5.41) is 0.514. The number of nitrogens with zero attached hydrogens (tertiary/aromatic N) is 1. The van der Waals surface area contributed by atoms with Crippen LogP contribution < -0.4 is 5.43 Å². The lowest BCUT2D eigenvalue weighted by Crippen LogP contribution is -2.09. The standard InChI is InChI=1S/C10H5BrF3N.C10H6F3NO/c11-8-4-5-15-9-6(8)2-1-3-7(9)10(12,13)14;11-10(12,13)7-3-1-2-6-8(15)4-5-14-9(6)7/h1-5H;1-5H,(H,14,15). The zero-order valence-corrected chi connectivity index (χ0v) is 16.4. The van der Waals surface area contributed by atoms with Crippen LogP contribution in [0.4, 0.5) is 26.3 Å². The Labute approximate surface area is 173 Å². The summed E-state index contributed by atoms with van der Waals surface area (Å²) in [5.74, 6) is 0. The smallest absolute Gasteiger partial charge is 0.360 e. The van der Waals surface area contributed by atoms with Crippen LogP contribution in [0.2, 0.25) is 0 Å². The van der Waals surface area contributed by atoms with Crippen LogP contribution in [-0.4, -0.2) is 9.97 Å². The van der Waals surface area contributed by atoms with E-state index in [0.29, 0.717) is 9.86 Å². The highest BCUT2D eigenvalue weighted by Gasteiger charge is 2.33. The topological polar surface area (TPSA) is 45.8 Å². The van der Waals surface area contributed by atoms with Crippen molar-refractivity contribution < 1.29 is 26.3 Å². The molecule has 0 unspecified atom stereocenters. The van der Waals surface area contributed by atoms with Crippen LogP contribution in [0.3, 0.4) is 0 Å². The molecule has 3 nitrogen and oxygen atoms in total. The van der Waals surface area contributed by atoms with Crippen LogP contribution in [0.25, 0.3) is 21.8 Å². The minimum absolute atomic E-state index is 0.0284. The Kier molecular flexibility index (Phi) is 5.89. The van der Waals surface area contributed by atoms with Crippen molar-refractivity contribution >= 4 is 37.7 Å². The maximum atomic E-state index is 12.6. The zero-order chi connectivity index (χ0) is 22.1. The first-order chi connectivity index (χ1) is 14.0. The quantitative estimate of drug-likeness (QED) is 0.285. The van der Waals surface area contributed by atoms with E-state index in [4.69, 9.17) is 0 Å². The molecule has 2 heterocycles. The molecule has 0 aliphatic rings. The number of halogens is 7. The Morgan fingerprint density at radius 2 is 1.40 bits per heavy atom. The predicted molar refractivity (Wildman–Crippen MR) is 104 cm³/mol. The number of rotatable bonds is 0. The van der Waals surface area contributed by atoms with E-state index in [2.05, 4.69) is 25.9 Å². The molecule has 156 valence electrons. The van der Waals surface area contributed by atoms with Crippen LogP contribution in [-0.2, 0) is 12.4 Å². The molecule has 2 aromatic carbocycles. The van der Waals surface area contributed by atoms with Gasteiger partial charge in [-0.25, -0.2) is 0 Å². The first-order valence-corrected chi connectivity index (χ1v) is 9.07. The lowest BCUT2D eigenvalue weighted by atomic mass is 10.1. The van der Waals surface area contributed by atoms with Gasteiger partial charge in [-0.3, -0.25) is 9.78 Å². The highest BCUT2D eigenvalue weighted by atomic mass is 79.9. The fourth-order valence-corrected chi connectivity index (χ4v) is 3.25. The number of pyridine rings is 2. The van der Waals surface area contributed by atoms with Crippen molar-refractivity contribution in [3.05, 3.63) is 86.7 Å². The first kappa shape index (κ1) is 21.8. The number of hydrogen-bond donors (Lipinski definition) is 1. The summed E-state index contributed by atoms with van der Waals surface area (Å²) < 4.78 is 76.0. The number of H-pyrrole nitrogens is 1. The van der Waals surface area contributed by atoms with Crippen LogP contribution in [0, 0.1) is 0 Å². The molecule has 0 aliphatic heterocycles. The van der Waals surface area contributed by atoms with E-state index in [-0.39, 0.29) is 16.4 Å². The van der Waals surface area contributed by atoms with Gasteiger partial charge in [0.1, 0.15) is 0 Å². The van der Waals surface area contributed by atoms with Crippen molar-refractivity contribution in [1.29, 1.82) is 0 Å². The molecule has 0 aliphatic carbocycles. The number of aromatic amines is 1. The maximum Gasteiger partial charge on any atom is 0.418 e. The summed E-state index contributed by atoms with van der Waals surface area (Å²) in [7, 11) is 0. The van der Waals surface area contributed by atoms with Gasteiger partial charge in [0.05, 0.1) is 22.2 Å². The van der Waals surface area contributed by atoms with E-state index in [9.17, 15) is 31.1 Å². The van der Waals surface area contributed by atoms with Gasteiger partial charge in [-0.2, -0.15) is 26.3 Å². The predicted octanol–water partition coefficient (Wildman–Crippen LogP) is 6.56. The largest absolute Gasteiger partial charge is 0.418 e. The molecule has 0 atom stereocenters. The summed E-state index contributed by atoms with van der Waals surface area (Å²) in [6.45, 7) is 0. The highest BCUT2D eigenvalue weighted by molar-refractivity contribution is 9.10. The molecule has 4 rings (SSSR count). The zero-order valence-electron chi connectivity index (χ0n) is 14.8. The number of hydrogen-bond acceptors (Lipinski definition) is 2. The van der Waals surface area contributed by atoms with Crippen LogP contribution in [0.5, 0.6) is 0 Å². The second-order valence-corrected chi connectivity index (χ2v) is 6.91. The summed E-state index contributed by atoms with van der Waals surface area (Å²) in [6, 6.07) is 10.3. The molecule has 0 amide bonds. The third-order valence-electron chi connectivity index (χ3n) is 4.12. The number of nitrogens with one attached hydrogen (secondary N) is 1. The van der Waals surface area contributed by atoms with Gasteiger partial charge >= 0.3 is 12.4 Å². The Hall–Kier alpha value is -2.88. The second-order valence-electron chi connectivity index (χ2n) is 6.06. The van der Waals surface area contributed by atoms with Gasteiger partial charge in [-0.1, -0.05) is 34.1 Å². The summed E-state index contributed by atoms with van der Waals surface area (Å²) in [5.41, 5.74) is -2.15. The van der Waals surface area contributed by atoms with Gasteiger partial charge in [-0.05, 0) is 24.3 Å². The maximum absolute atomic E-state index is 12.6. The van der Waals surface area contributed by atoms with E-state index < -0.39 is 28.9 Å². The molecule has 30 heavy (non-hydrogen) atoms. The van der Waals surface area contributed by atoms with Gasteiger partial charge in [0, 0.05) is 33.7 Å². The van der Waals surface area contributed by atoms with E-state index in [0.717, 1.165) is 12.1 Å². The summed E-state index contributed by atoms with van der Waals surface area (Å²) in [4.78, 5) is 17.5. The fraction of sp³-hybridized carbons (Fsp3) is 0.100. The van der Waals surface area contributed by atoms with Crippen molar-refractivity contribution in [1.82, 2.24) is 9.97 Å². The molecule has 10 heteroatoms. The average molecular weight is 489 g/mol. The van der Waals surface area contributed by atoms with Crippen molar-refractivity contribution in [2.24, 2.45) is 0 Å². The Morgan fingerprint density at radius 1 is 0.800 bits per heavy atom. The van der Waals surface area contributed by atoms with Crippen molar-refractivity contribution in [2.75, 3.05) is 0 Å². The summed E-state index contributed by atoms with van der Waals surface area (Å²) >= 11 is 3.19. The normalized spacial score (nSPS) is 12.0. The minimum atomic E-state index is -4.45. The third kappa shape index (κ3) is 4.48. The molecule has 2 aromatic heterocycles. The SMILES string of the molecule is FC(F)(F)c1cccc2c(Br)ccnc12.O=c1cc[nH]c2c(C(F)(F)F)cccc12. The number of alkyl halides is 6. The Morgan fingerprint density at radius 3 is 2.03 bits per heavy atom. The molecular weight excluding hydrogens is 478 g/mol. The highest BCUT2D eigenvalue weighted by Crippen LogP contribution is 2.35. The van der Waals surface area contributed by atoms with Crippen molar-refractivity contribution in [2.45, 2.75) is 12.4 Å². The van der Waals surface area contributed by atoms with Gasteiger partial charge in [0.2, 0.25) is 0 Å². The van der Waals surface area contributed by atoms with E-state index in [1.165, 1.54) is 36.7 Å². The van der Waals surface area contributed by atoms with E-state index >= 15 is 0 Å². The van der Waals surface area contributed by atoms with E-state index in [1.807, 2.05) is 0 Å². The fourth-order valence-electron chi connectivity index (χ4n) is 2.81. The molecule has 1 N–H and O–H groups in total. The van der Waals surface area contributed by atoms with Crippen LogP contribution >= 0.6 is 15.9 Å². The van der Waals surface area contributed by atoms with Crippen molar-refractivity contribution in [3.63, 3.8) is 0 Å². The average Bonchev–Trinajstić information content (AvgIpc) is 2.67. The number of aromatic nitrogens is 2. The summed E-state index contributed by atoms with van der Waals surface area (Å²) in [6.07, 6.45) is -6.27. The van der Waals surface area contributed by atoms with Gasteiger partial charge < -0.3 is 4.98 Å². The van der Waals surface area contributed by atoms with Gasteiger partial charge in [-0.15, -0.1) is 0 Å². The lowest BCUT2D eigenvalue weighted by Gasteiger charge is -2.09. The van der Waals surface area contributed by atoms with Gasteiger partial charge in [0.15, 0.2) is 5.43 Å². The molecule has 0 saturated heterocycles. The lowest BCUT2D eigenvalue weighted by molar-refractivity contribution is -0.137. The molecule has 0 fully saturated rings. The van der Waals surface area contributed by atoms with E-state index in [1.54, 1.807) is 12.1 Å². The number of para-hydroxylation sites is 2. The van der Waals surface area contributed by atoms with Crippen LogP contribution in [0.1, 0.15) is 11.1 Å². The molecule has 0 spiro atoms. The number of benzene rings is 2. The van der Waals surface area contributed by atoms with Crippen molar-refractivity contribution in [3.8, 4) is 0 Å². The molecule has 0 saturated carbocycles. The number of fused-ring (bicyclic) bond motifs is 2. The second kappa shape index (κ2) is 8.10. The van der Waals surface area contributed by atoms with Crippen LogP contribution in [0.15, 0.2) is 70.2 Å².